The molecule has 0 radical (unpaired) electrons. The molecule has 2 heterocycles. The molecule has 0 fully saturated rings. The van der Waals surface area contributed by atoms with Gasteiger partial charge in [-0.3, -0.25) is 4.79 Å². The van der Waals surface area contributed by atoms with E-state index >= 15 is 0 Å². The molecule has 2 aromatic rings. The molecule has 1 aliphatic rings. The molecule has 156 valence electrons. The lowest BCUT2D eigenvalue weighted by Crippen LogP contribution is -2.29. The van der Waals surface area contributed by atoms with Crippen molar-refractivity contribution in [1.82, 2.24) is 4.98 Å². The summed E-state index contributed by atoms with van der Waals surface area (Å²) in [5, 5.41) is 10.5. The van der Waals surface area contributed by atoms with Crippen molar-refractivity contribution in [3.8, 4) is 6.07 Å². The molecule has 3 rings (SSSR count). The molecule has 1 aliphatic heterocycles. The van der Waals surface area contributed by atoms with Gasteiger partial charge in [0.25, 0.3) is 5.56 Å². The summed E-state index contributed by atoms with van der Waals surface area (Å²) in [6.45, 7) is 5.59. The van der Waals surface area contributed by atoms with Gasteiger partial charge in [0.1, 0.15) is 24.0 Å². The molecule has 0 unspecified atom stereocenters. The monoisotopic (exact) mass is 409 g/mol. The Labute approximate surface area is 173 Å². The molecule has 1 aromatic carbocycles. The maximum atomic E-state index is 13.0. The van der Waals surface area contributed by atoms with Crippen LogP contribution in [0.3, 0.4) is 0 Å². The van der Waals surface area contributed by atoms with Crippen molar-refractivity contribution in [3.63, 3.8) is 0 Å². The van der Waals surface area contributed by atoms with E-state index in [1.807, 2.05) is 32.0 Å². The molecule has 30 heavy (non-hydrogen) atoms. The topological polar surface area (TPSA) is 127 Å². The quantitative estimate of drug-likeness (QED) is 0.573. The number of carbonyl (C=O) groups excluding carboxylic acids is 1. The minimum Gasteiger partial charge on any atom is -0.460 e. The van der Waals surface area contributed by atoms with Crippen LogP contribution < -0.4 is 11.3 Å². The molecule has 0 saturated heterocycles. The van der Waals surface area contributed by atoms with Crippen molar-refractivity contribution in [3.05, 3.63) is 68.0 Å². The molecule has 0 aliphatic carbocycles. The van der Waals surface area contributed by atoms with Crippen molar-refractivity contribution in [2.75, 3.05) is 20.3 Å². The van der Waals surface area contributed by atoms with E-state index in [1.54, 1.807) is 13.0 Å². The van der Waals surface area contributed by atoms with Crippen LogP contribution in [0, 0.1) is 25.2 Å². The van der Waals surface area contributed by atoms with Crippen LogP contribution in [0.5, 0.6) is 0 Å². The molecule has 1 aromatic heterocycles. The van der Waals surface area contributed by atoms with Gasteiger partial charge in [0.2, 0.25) is 5.88 Å². The number of H-pyrrole nitrogens is 1. The van der Waals surface area contributed by atoms with Gasteiger partial charge in [0.05, 0.1) is 23.6 Å². The van der Waals surface area contributed by atoms with E-state index in [-0.39, 0.29) is 41.6 Å². The minimum atomic E-state index is -1.01. The first kappa shape index (κ1) is 21.1. The summed E-state index contributed by atoms with van der Waals surface area (Å²) in [6, 6.07) is 7.55. The maximum Gasteiger partial charge on any atom is 0.338 e. The van der Waals surface area contributed by atoms with Crippen LogP contribution >= 0.6 is 0 Å². The maximum absolute atomic E-state index is 13.0. The van der Waals surface area contributed by atoms with Gasteiger partial charge < -0.3 is 24.9 Å². The Morgan fingerprint density at radius 3 is 2.63 bits per heavy atom. The largest absolute Gasteiger partial charge is 0.460 e. The highest BCUT2D eigenvalue weighted by atomic mass is 16.6. The standard InChI is InChI=1S/C22H23N3O5/c1-11-5-6-12(2)19-14(11)9-15(21(26)25-19)18-16(10-23)20(24)30-13(3)17(18)22(27)29-8-7-28-4/h5-6,9,18H,7-8,24H2,1-4H3,(H,25,26)/t18-/m0/s1. The van der Waals surface area contributed by atoms with Crippen LogP contribution in [0.15, 0.2) is 45.8 Å². The zero-order valence-corrected chi connectivity index (χ0v) is 17.3. The number of aromatic nitrogens is 1. The summed E-state index contributed by atoms with van der Waals surface area (Å²) in [7, 11) is 1.49. The fourth-order valence-corrected chi connectivity index (χ4v) is 3.56. The number of methoxy groups -OCH3 is 1. The van der Waals surface area contributed by atoms with Gasteiger partial charge in [-0.05, 0) is 38.0 Å². The van der Waals surface area contributed by atoms with E-state index in [1.165, 1.54) is 7.11 Å². The number of benzene rings is 1. The smallest absolute Gasteiger partial charge is 0.338 e. The molecule has 1 atom stereocenters. The second-order valence-electron chi connectivity index (χ2n) is 7.07. The lowest BCUT2D eigenvalue weighted by atomic mass is 9.83. The molecule has 0 saturated carbocycles. The molecule has 3 N–H and O–H groups in total. The number of carbonyl (C=O) groups is 1. The summed E-state index contributed by atoms with van der Waals surface area (Å²) in [6.07, 6.45) is 0. The van der Waals surface area contributed by atoms with E-state index < -0.39 is 17.4 Å². The van der Waals surface area contributed by atoms with Crippen molar-refractivity contribution in [2.45, 2.75) is 26.7 Å². The van der Waals surface area contributed by atoms with Gasteiger partial charge in [0, 0.05) is 18.1 Å². The number of nitrogens with two attached hydrogens (primary N) is 1. The average Bonchev–Trinajstić information content (AvgIpc) is 2.70. The van der Waals surface area contributed by atoms with Gasteiger partial charge in [-0.15, -0.1) is 0 Å². The Hall–Kier alpha value is -3.57. The number of pyridine rings is 1. The van der Waals surface area contributed by atoms with Gasteiger partial charge >= 0.3 is 5.97 Å². The lowest BCUT2D eigenvalue weighted by Gasteiger charge is -2.26. The number of ether oxygens (including phenoxy) is 3. The molecule has 8 nitrogen and oxygen atoms in total. The van der Waals surface area contributed by atoms with Gasteiger partial charge in [-0.1, -0.05) is 12.1 Å². The first-order chi connectivity index (χ1) is 14.3. The van der Waals surface area contributed by atoms with Crippen molar-refractivity contribution in [1.29, 1.82) is 5.26 Å². The predicted octanol–water partition coefficient (Wildman–Crippen LogP) is 2.42. The second-order valence-corrected chi connectivity index (χ2v) is 7.07. The van der Waals surface area contributed by atoms with Crippen molar-refractivity contribution in [2.24, 2.45) is 5.73 Å². The fraction of sp³-hybridized carbons (Fsp3) is 0.318. The van der Waals surface area contributed by atoms with E-state index in [9.17, 15) is 14.9 Å². The summed E-state index contributed by atoms with van der Waals surface area (Å²) >= 11 is 0. The molecule has 8 heteroatoms. The Morgan fingerprint density at radius 1 is 1.27 bits per heavy atom. The normalized spacial score (nSPS) is 16.4. The number of aromatic amines is 1. The minimum absolute atomic E-state index is 0.0190. The van der Waals surface area contributed by atoms with Crippen LogP contribution in [-0.2, 0) is 19.0 Å². The van der Waals surface area contributed by atoms with Crippen molar-refractivity contribution >= 4 is 16.9 Å². The number of aryl methyl sites for hydroxylation is 2. The van der Waals surface area contributed by atoms with Crippen molar-refractivity contribution < 1.29 is 19.0 Å². The summed E-state index contributed by atoms with van der Waals surface area (Å²) in [5.74, 6) is -1.67. The number of rotatable bonds is 5. The summed E-state index contributed by atoms with van der Waals surface area (Å²) in [4.78, 5) is 28.8. The number of nitriles is 1. The number of fused-ring (bicyclic) bond motifs is 1. The van der Waals surface area contributed by atoms with Gasteiger partial charge in [-0.25, -0.2) is 4.79 Å². The zero-order chi connectivity index (χ0) is 22.0. The van der Waals surface area contributed by atoms with E-state index in [2.05, 4.69) is 4.98 Å². The van der Waals surface area contributed by atoms with Crippen LogP contribution in [0.4, 0.5) is 0 Å². The third-order valence-corrected chi connectivity index (χ3v) is 5.13. The first-order valence-electron chi connectivity index (χ1n) is 9.37. The van der Waals surface area contributed by atoms with E-state index in [4.69, 9.17) is 19.9 Å². The second kappa shape index (κ2) is 8.43. The van der Waals surface area contributed by atoms with Crippen LogP contribution in [0.25, 0.3) is 10.9 Å². The third-order valence-electron chi connectivity index (χ3n) is 5.13. The number of nitrogens with zero attached hydrogens (tertiary/aromatic N) is 1. The lowest BCUT2D eigenvalue weighted by molar-refractivity contribution is -0.140. The third kappa shape index (κ3) is 3.67. The number of allylic oxidation sites excluding steroid dienone is 2. The summed E-state index contributed by atoms with van der Waals surface area (Å²) < 4.78 is 15.6. The Balaban J connectivity index is 2.23. The van der Waals surface area contributed by atoms with E-state index in [0.717, 1.165) is 16.5 Å². The fourth-order valence-electron chi connectivity index (χ4n) is 3.56. The Morgan fingerprint density at radius 2 is 1.97 bits per heavy atom. The van der Waals surface area contributed by atoms with Gasteiger partial charge in [0.15, 0.2) is 0 Å². The van der Waals surface area contributed by atoms with Crippen LogP contribution in [0.1, 0.15) is 29.5 Å². The molecular weight excluding hydrogens is 386 g/mol. The number of nitrogens with one attached hydrogen (secondary N) is 1. The zero-order valence-electron chi connectivity index (χ0n) is 17.3. The van der Waals surface area contributed by atoms with Crippen LogP contribution in [0.2, 0.25) is 0 Å². The number of hydrogen-bond acceptors (Lipinski definition) is 7. The Kier molecular flexibility index (Phi) is 5.94. The highest BCUT2D eigenvalue weighted by Crippen LogP contribution is 2.39. The van der Waals surface area contributed by atoms with Gasteiger partial charge in [-0.2, -0.15) is 5.26 Å². The van der Waals surface area contributed by atoms with E-state index in [0.29, 0.717) is 5.52 Å². The number of hydrogen-bond donors (Lipinski definition) is 2. The summed E-state index contributed by atoms with van der Waals surface area (Å²) in [5.41, 5.74) is 8.33. The highest BCUT2D eigenvalue weighted by Gasteiger charge is 2.38. The molecule has 0 spiro atoms. The number of esters is 1. The highest BCUT2D eigenvalue weighted by molar-refractivity contribution is 5.93. The van der Waals surface area contributed by atoms with Crippen LogP contribution in [-0.4, -0.2) is 31.3 Å². The SMILES string of the molecule is COCCOC(=O)C1=C(C)OC(N)=C(C#N)[C@@H]1c1cc2c(C)ccc(C)c2[nH]c1=O. The molecule has 0 bridgehead atoms. The molecular formula is C22H23N3O5. The first-order valence-corrected chi connectivity index (χ1v) is 9.37. The predicted molar refractivity (Wildman–Crippen MR) is 110 cm³/mol. The average molecular weight is 409 g/mol. The molecule has 0 amide bonds. The Bertz CT molecular complexity index is 1180.